The Morgan fingerprint density at radius 3 is 3.00 bits per heavy atom. The third-order valence-corrected chi connectivity index (χ3v) is 4.34. The number of likely N-dealkylation sites (tertiary alicyclic amines) is 1. The molecular weight excluding hydrogens is 280 g/mol. The molecule has 1 saturated heterocycles. The van der Waals surface area contributed by atoms with Crippen LogP contribution in [0, 0.1) is 11.3 Å². The molecule has 3 rings (SSSR count). The molecule has 1 aromatic rings. The van der Waals surface area contributed by atoms with Crippen LogP contribution in [-0.2, 0) is 20.7 Å². The summed E-state index contributed by atoms with van der Waals surface area (Å²) in [4.78, 5) is 13.9. The van der Waals surface area contributed by atoms with E-state index in [1.165, 1.54) is 0 Å². The van der Waals surface area contributed by atoms with Crippen molar-refractivity contribution in [3.63, 3.8) is 0 Å². The second-order valence-electron chi connectivity index (χ2n) is 6.25. The number of carbonyl (C=O) groups excluding carboxylic acids is 1. The summed E-state index contributed by atoms with van der Waals surface area (Å²) in [5.41, 5.74) is 2.18. The van der Waals surface area contributed by atoms with Gasteiger partial charge < -0.3 is 14.4 Å². The first kappa shape index (κ1) is 15.0. The first-order chi connectivity index (χ1) is 10.6. The standard InChI is InChI=1S/C17H20N2O3/c1-17(11-21-2)9-13-6-5-12(10-18)8-14(13)16(22-17)19-7-3-4-15(19)20/h5-6,8,16H,3-4,7,9,11H2,1-2H3. The number of rotatable bonds is 3. The molecule has 2 atom stereocenters. The summed E-state index contributed by atoms with van der Waals surface area (Å²) < 4.78 is 11.6. The average Bonchev–Trinajstić information content (AvgIpc) is 2.92. The maximum Gasteiger partial charge on any atom is 0.224 e. The van der Waals surface area contributed by atoms with Crippen LogP contribution < -0.4 is 0 Å². The molecule has 2 aliphatic rings. The first-order valence-electron chi connectivity index (χ1n) is 7.55. The van der Waals surface area contributed by atoms with Crippen LogP contribution in [0.3, 0.4) is 0 Å². The van der Waals surface area contributed by atoms with Crippen LogP contribution in [0.2, 0.25) is 0 Å². The summed E-state index contributed by atoms with van der Waals surface area (Å²) in [6.07, 6.45) is 1.70. The van der Waals surface area contributed by atoms with Crippen LogP contribution in [0.25, 0.3) is 0 Å². The van der Waals surface area contributed by atoms with E-state index in [0.29, 0.717) is 31.6 Å². The third kappa shape index (κ3) is 2.60. The number of nitrogens with zero attached hydrogens (tertiary/aromatic N) is 2. The Balaban J connectivity index is 2.03. The molecule has 2 heterocycles. The summed E-state index contributed by atoms with van der Waals surface area (Å²) in [7, 11) is 1.65. The lowest BCUT2D eigenvalue weighted by molar-refractivity contribution is -0.183. The number of carbonyl (C=O) groups is 1. The lowest BCUT2D eigenvalue weighted by atomic mass is 9.88. The van der Waals surface area contributed by atoms with E-state index in [9.17, 15) is 4.79 Å². The Kier molecular flexibility index (Phi) is 3.90. The minimum absolute atomic E-state index is 0.111. The van der Waals surface area contributed by atoms with Gasteiger partial charge in [-0.15, -0.1) is 0 Å². The maximum absolute atomic E-state index is 12.2. The number of nitriles is 1. The van der Waals surface area contributed by atoms with Crippen molar-refractivity contribution in [1.82, 2.24) is 4.90 Å². The minimum Gasteiger partial charge on any atom is -0.382 e. The van der Waals surface area contributed by atoms with Gasteiger partial charge in [-0.05, 0) is 31.0 Å². The molecule has 0 radical (unpaired) electrons. The van der Waals surface area contributed by atoms with Crippen molar-refractivity contribution in [2.75, 3.05) is 20.3 Å². The van der Waals surface area contributed by atoms with Gasteiger partial charge in [0.2, 0.25) is 5.91 Å². The molecule has 2 aliphatic heterocycles. The number of hydrogen-bond acceptors (Lipinski definition) is 4. The normalized spacial score (nSPS) is 27.6. The van der Waals surface area contributed by atoms with Crippen molar-refractivity contribution in [2.24, 2.45) is 0 Å². The van der Waals surface area contributed by atoms with Crippen LogP contribution in [-0.4, -0.2) is 36.7 Å². The van der Waals surface area contributed by atoms with Gasteiger partial charge in [0.25, 0.3) is 0 Å². The van der Waals surface area contributed by atoms with E-state index in [1.807, 2.05) is 25.1 Å². The molecule has 22 heavy (non-hydrogen) atoms. The molecule has 1 fully saturated rings. The van der Waals surface area contributed by atoms with Crippen LogP contribution in [0.5, 0.6) is 0 Å². The zero-order valence-corrected chi connectivity index (χ0v) is 13.0. The van der Waals surface area contributed by atoms with Gasteiger partial charge in [-0.2, -0.15) is 5.26 Å². The second kappa shape index (κ2) is 5.71. The molecular formula is C17H20N2O3. The number of methoxy groups -OCH3 is 1. The van der Waals surface area contributed by atoms with Crippen LogP contribution in [0.4, 0.5) is 0 Å². The summed E-state index contributed by atoms with van der Waals surface area (Å²) >= 11 is 0. The molecule has 0 bridgehead atoms. The highest BCUT2D eigenvalue weighted by molar-refractivity contribution is 5.78. The van der Waals surface area contributed by atoms with Crippen LogP contribution >= 0.6 is 0 Å². The van der Waals surface area contributed by atoms with E-state index < -0.39 is 11.8 Å². The van der Waals surface area contributed by atoms with Crippen molar-refractivity contribution in [2.45, 2.75) is 38.0 Å². The lowest BCUT2D eigenvalue weighted by Gasteiger charge is -2.42. The fraction of sp³-hybridized carbons (Fsp3) is 0.529. The molecule has 1 aromatic carbocycles. The molecule has 5 nitrogen and oxygen atoms in total. The van der Waals surface area contributed by atoms with E-state index in [-0.39, 0.29) is 5.91 Å². The molecule has 1 amide bonds. The quantitative estimate of drug-likeness (QED) is 0.858. The molecule has 0 aliphatic carbocycles. The zero-order chi connectivity index (χ0) is 15.7. The van der Waals surface area contributed by atoms with Crippen molar-refractivity contribution < 1.29 is 14.3 Å². The smallest absolute Gasteiger partial charge is 0.224 e. The van der Waals surface area contributed by atoms with Gasteiger partial charge in [0.1, 0.15) is 0 Å². The number of amides is 1. The van der Waals surface area contributed by atoms with Crippen molar-refractivity contribution in [3.8, 4) is 6.07 Å². The maximum atomic E-state index is 12.2. The molecule has 0 N–H and O–H groups in total. The van der Waals surface area contributed by atoms with Gasteiger partial charge >= 0.3 is 0 Å². The zero-order valence-electron chi connectivity index (χ0n) is 13.0. The van der Waals surface area contributed by atoms with E-state index in [1.54, 1.807) is 12.0 Å². The number of benzene rings is 1. The van der Waals surface area contributed by atoms with Gasteiger partial charge in [-0.25, -0.2) is 0 Å². The van der Waals surface area contributed by atoms with E-state index in [0.717, 1.165) is 17.5 Å². The van der Waals surface area contributed by atoms with Gasteiger partial charge in [-0.1, -0.05) is 6.07 Å². The summed E-state index contributed by atoms with van der Waals surface area (Å²) in [6, 6.07) is 7.80. The van der Waals surface area contributed by atoms with Gasteiger partial charge in [0.05, 0.1) is 23.8 Å². The molecule has 0 aromatic heterocycles. The van der Waals surface area contributed by atoms with Crippen molar-refractivity contribution in [1.29, 1.82) is 5.26 Å². The SMILES string of the molecule is COCC1(C)Cc2ccc(C#N)cc2C(N2CCCC2=O)O1. The summed E-state index contributed by atoms with van der Waals surface area (Å²) in [6.45, 7) is 3.17. The monoisotopic (exact) mass is 300 g/mol. The van der Waals surface area contributed by atoms with Gasteiger partial charge in [-0.3, -0.25) is 4.79 Å². The van der Waals surface area contributed by atoms with Crippen LogP contribution in [0.15, 0.2) is 18.2 Å². The van der Waals surface area contributed by atoms with Gasteiger partial charge in [0, 0.05) is 32.1 Å². The van der Waals surface area contributed by atoms with E-state index in [2.05, 4.69) is 6.07 Å². The fourth-order valence-corrected chi connectivity index (χ4v) is 3.37. The summed E-state index contributed by atoms with van der Waals surface area (Å²) in [5.74, 6) is 0.111. The average molecular weight is 300 g/mol. The fourth-order valence-electron chi connectivity index (χ4n) is 3.37. The van der Waals surface area contributed by atoms with Crippen molar-refractivity contribution in [3.05, 3.63) is 34.9 Å². The Labute approximate surface area is 130 Å². The Morgan fingerprint density at radius 2 is 2.36 bits per heavy atom. The Hall–Kier alpha value is -1.90. The predicted molar refractivity (Wildman–Crippen MR) is 79.9 cm³/mol. The Bertz CT molecular complexity index is 637. The van der Waals surface area contributed by atoms with E-state index in [4.69, 9.17) is 14.7 Å². The third-order valence-electron chi connectivity index (χ3n) is 4.34. The highest BCUT2D eigenvalue weighted by atomic mass is 16.6. The highest BCUT2D eigenvalue weighted by Crippen LogP contribution is 2.40. The molecule has 0 saturated carbocycles. The number of ether oxygens (including phenoxy) is 2. The largest absolute Gasteiger partial charge is 0.382 e. The second-order valence-corrected chi connectivity index (χ2v) is 6.25. The number of fused-ring (bicyclic) bond motifs is 1. The summed E-state index contributed by atoms with van der Waals surface area (Å²) in [5, 5.41) is 9.14. The Morgan fingerprint density at radius 1 is 1.55 bits per heavy atom. The molecule has 0 spiro atoms. The highest BCUT2D eigenvalue weighted by Gasteiger charge is 2.41. The van der Waals surface area contributed by atoms with Crippen LogP contribution in [0.1, 0.15) is 42.7 Å². The topological polar surface area (TPSA) is 62.6 Å². The predicted octanol–water partition coefficient (Wildman–Crippen LogP) is 2.16. The minimum atomic E-state index is -0.469. The first-order valence-corrected chi connectivity index (χ1v) is 7.55. The lowest BCUT2D eigenvalue weighted by Crippen LogP contribution is -2.46. The van der Waals surface area contributed by atoms with E-state index >= 15 is 0 Å². The van der Waals surface area contributed by atoms with Crippen molar-refractivity contribution >= 4 is 5.91 Å². The molecule has 116 valence electrons. The number of hydrogen-bond donors (Lipinski definition) is 0. The molecule has 2 unspecified atom stereocenters. The molecule has 5 heteroatoms. The van der Waals surface area contributed by atoms with Gasteiger partial charge in [0.15, 0.2) is 6.23 Å².